The van der Waals surface area contributed by atoms with E-state index in [1.54, 1.807) is 13.0 Å². The number of benzene rings is 1. The van der Waals surface area contributed by atoms with Crippen molar-refractivity contribution < 1.29 is 14.3 Å². The lowest BCUT2D eigenvalue weighted by Gasteiger charge is -2.11. The third-order valence-corrected chi connectivity index (χ3v) is 3.68. The van der Waals surface area contributed by atoms with Crippen molar-refractivity contribution >= 4 is 11.9 Å². The maximum absolute atomic E-state index is 11.7. The van der Waals surface area contributed by atoms with Crippen molar-refractivity contribution in [3.8, 4) is 0 Å². The lowest BCUT2D eigenvalue weighted by atomic mass is 10.1. The maximum Gasteiger partial charge on any atom is 0.337 e. The van der Waals surface area contributed by atoms with Gasteiger partial charge in [0, 0.05) is 13.3 Å². The molecule has 2 atom stereocenters. The van der Waals surface area contributed by atoms with E-state index in [9.17, 15) is 4.79 Å². The molecule has 0 N–H and O–H groups in total. The zero-order chi connectivity index (χ0) is 17.4. The van der Waals surface area contributed by atoms with E-state index in [1.807, 2.05) is 55.5 Å². The minimum absolute atomic E-state index is 0.194. The van der Waals surface area contributed by atoms with E-state index in [4.69, 9.17) is 9.47 Å². The molecule has 4 nitrogen and oxygen atoms in total. The summed E-state index contributed by atoms with van der Waals surface area (Å²) < 4.78 is 10.8. The van der Waals surface area contributed by atoms with Crippen molar-refractivity contribution in [3.63, 3.8) is 0 Å². The number of aliphatic imine (C=N–C) groups is 1. The molecule has 1 aromatic rings. The standard InChI is InChI=1S/C20H23NO3/c1-4-16(13-19-20(22)24-15(3)21-19)11-12-18(5-2)23-14-17-9-7-6-8-10-17/h4-12,18-19H,2,13-14H2,1,3H3. The average molecular weight is 325 g/mol. The summed E-state index contributed by atoms with van der Waals surface area (Å²) in [5.41, 5.74) is 2.12. The molecule has 0 amide bonds. The molecule has 24 heavy (non-hydrogen) atoms. The predicted octanol–water partition coefficient (Wildman–Crippen LogP) is 3.99. The van der Waals surface area contributed by atoms with Gasteiger partial charge in [0.25, 0.3) is 0 Å². The molecular formula is C20H23NO3. The first-order chi connectivity index (χ1) is 11.6. The molecule has 4 heteroatoms. The fourth-order valence-corrected chi connectivity index (χ4v) is 2.33. The van der Waals surface area contributed by atoms with E-state index in [0.29, 0.717) is 18.9 Å². The molecule has 0 aromatic heterocycles. The fourth-order valence-electron chi connectivity index (χ4n) is 2.33. The molecule has 0 saturated heterocycles. The molecule has 0 spiro atoms. The van der Waals surface area contributed by atoms with Crippen LogP contribution < -0.4 is 0 Å². The highest BCUT2D eigenvalue weighted by molar-refractivity contribution is 5.96. The Morgan fingerprint density at radius 1 is 1.42 bits per heavy atom. The van der Waals surface area contributed by atoms with E-state index in [2.05, 4.69) is 11.6 Å². The maximum atomic E-state index is 11.7. The number of rotatable bonds is 8. The number of carbonyl (C=O) groups is 1. The molecule has 126 valence electrons. The number of nitrogens with zero attached hydrogens (tertiary/aromatic N) is 1. The fraction of sp³-hybridized carbons (Fsp3) is 0.300. The third kappa shape index (κ3) is 5.32. The van der Waals surface area contributed by atoms with Gasteiger partial charge in [0.15, 0.2) is 11.9 Å². The van der Waals surface area contributed by atoms with E-state index < -0.39 is 6.04 Å². The van der Waals surface area contributed by atoms with Crippen molar-refractivity contribution in [2.75, 3.05) is 0 Å². The minimum Gasteiger partial charge on any atom is -0.411 e. The summed E-state index contributed by atoms with van der Waals surface area (Å²) in [6, 6.07) is 9.54. The lowest BCUT2D eigenvalue weighted by molar-refractivity contribution is -0.134. The Bertz CT molecular complexity index is 659. The number of hydrogen-bond acceptors (Lipinski definition) is 4. The number of allylic oxidation sites excluding steroid dienone is 2. The van der Waals surface area contributed by atoms with Gasteiger partial charge in [-0.15, -0.1) is 6.58 Å². The van der Waals surface area contributed by atoms with E-state index in [0.717, 1.165) is 11.1 Å². The van der Waals surface area contributed by atoms with Gasteiger partial charge in [-0.05, 0) is 18.1 Å². The zero-order valence-corrected chi connectivity index (χ0v) is 14.1. The highest BCUT2D eigenvalue weighted by Crippen LogP contribution is 2.17. The summed E-state index contributed by atoms with van der Waals surface area (Å²) in [5, 5.41) is 0. The molecule has 2 rings (SSSR count). The second-order valence-corrected chi connectivity index (χ2v) is 5.51. The number of carbonyl (C=O) groups excluding carboxylic acids is 1. The first-order valence-electron chi connectivity index (χ1n) is 8.00. The second-order valence-electron chi connectivity index (χ2n) is 5.51. The molecule has 0 fully saturated rings. The van der Waals surface area contributed by atoms with Gasteiger partial charge in [-0.1, -0.05) is 54.6 Å². The highest BCUT2D eigenvalue weighted by atomic mass is 16.6. The monoisotopic (exact) mass is 325 g/mol. The number of cyclic esters (lactones) is 1. The van der Waals surface area contributed by atoms with Gasteiger partial charge in [-0.3, -0.25) is 0 Å². The summed E-state index contributed by atoms with van der Waals surface area (Å²) in [7, 11) is 0. The summed E-state index contributed by atoms with van der Waals surface area (Å²) >= 11 is 0. The Morgan fingerprint density at radius 3 is 2.75 bits per heavy atom. The summed E-state index contributed by atoms with van der Waals surface area (Å²) in [5.74, 6) is 0.139. The molecule has 0 bridgehead atoms. The van der Waals surface area contributed by atoms with Crippen LogP contribution in [0, 0.1) is 0 Å². The predicted molar refractivity (Wildman–Crippen MR) is 95.7 cm³/mol. The molecule has 0 radical (unpaired) electrons. The van der Waals surface area contributed by atoms with Crippen LogP contribution >= 0.6 is 0 Å². The Labute approximate surface area is 143 Å². The summed E-state index contributed by atoms with van der Waals surface area (Å²) in [6.45, 7) is 7.95. The molecule has 1 aromatic carbocycles. The SMILES string of the molecule is C=CC(C=CC(=CC)CC1N=C(C)OC1=O)OCc1ccccc1. The molecule has 1 aliphatic heterocycles. The Kier molecular flexibility index (Phi) is 6.70. The number of esters is 1. The Morgan fingerprint density at radius 2 is 2.17 bits per heavy atom. The Balaban J connectivity index is 1.90. The van der Waals surface area contributed by atoms with Crippen molar-refractivity contribution in [1.29, 1.82) is 0 Å². The van der Waals surface area contributed by atoms with Gasteiger partial charge in [-0.2, -0.15) is 0 Å². The first kappa shape index (κ1) is 17.9. The average Bonchev–Trinajstić information content (AvgIpc) is 2.91. The van der Waals surface area contributed by atoms with Crippen molar-refractivity contribution in [2.24, 2.45) is 4.99 Å². The van der Waals surface area contributed by atoms with Crippen LogP contribution in [0.2, 0.25) is 0 Å². The van der Waals surface area contributed by atoms with Crippen LogP contribution in [0.15, 0.2) is 71.8 Å². The van der Waals surface area contributed by atoms with Crippen LogP contribution in [0.3, 0.4) is 0 Å². The van der Waals surface area contributed by atoms with Crippen molar-refractivity contribution in [1.82, 2.24) is 0 Å². The molecular weight excluding hydrogens is 302 g/mol. The van der Waals surface area contributed by atoms with E-state index in [-0.39, 0.29) is 12.1 Å². The largest absolute Gasteiger partial charge is 0.411 e. The minimum atomic E-state index is -0.451. The third-order valence-electron chi connectivity index (χ3n) is 3.68. The van der Waals surface area contributed by atoms with Crippen molar-refractivity contribution in [2.45, 2.75) is 39.0 Å². The van der Waals surface area contributed by atoms with Gasteiger partial charge in [0.1, 0.15) is 0 Å². The van der Waals surface area contributed by atoms with Gasteiger partial charge in [0.2, 0.25) is 0 Å². The topological polar surface area (TPSA) is 47.9 Å². The highest BCUT2D eigenvalue weighted by Gasteiger charge is 2.26. The van der Waals surface area contributed by atoms with Gasteiger partial charge >= 0.3 is 5.97 Å². The molecule has 0 aliphatic carbocycles. The molecule has 0 saturated carbocycles. The van der Waals surface area contributed by atoms with Crippen LogP contribution in [0.4, 0.5) is 0 Å². The molecule has 1 aliphatic rings. The van der Waals surface area contributed by atoms with Crippen LogP contribution in [0.5, 0.6) is 0 Å². The van der Waals surface area contributed by atoms with Crippen molar-refractivity contribution in [3.05, 3.63) is 72.4 Å². The van der Waals surface area contributed by atoms with Crippen LogP contribution in [-0.2, 0) is 20.9 Å². The normalized spacial score (nSPS) is 19.2. The van der Waals surface area contributed by atoms with E-state index >= 15 is 0 Å². The van der Waals surface area contributed by atoms with Gasteiger partial charge in [-0.25, -0.2) is 9.79 Å². The summed E-state index contributed by atoms with van der Waals surface area (Å²) in [6.07, 6.45) is 7.92. The number of hydrogen-bond donors (Lipinski definition) is 0. The van der Waals surface area contributed by atoms with Gasteiger partial charge in [0.05, 0.1) is 12.7 Å². The smallest absolute Gasteiger partial charge is 0.337 e. The van der Waals surface area contributed by atoms with Crippen LogP contribution in [-0.4, -0.2) is 24.0 Å². The quantitative estimate of drug-likeness (QED) is 0.412. The number of ether oxygens (including phenoxy) is 2. The summed E-state index contributed by atoms with van der Waals surface area (Å²) in [4.78, 5) is 15.9. The van der Waals surface area contributed by atoms with Gasteiger partial charge < -0.3 is 9.47 Å². The van der Waals surface area contributed by atoms with Crippen LogP contribution in [0.1, 0.15) is 25.8 Å². The Hall–Kier alpha value is -2.46. The first-order valence-corrected chi connectivity index (χ1v) is 8.00. The van der Waals surface area contributed by atoms with Crippen LogP contribution in [0.25, 0.3) is 0 Å². The van der Waals surface area contributed by atoms with E-state index in [1.165, 1.54) is 0 Å². The zero-order valence-electron chi connectivity index (χ0n) is 14.1. The molecule has 2 unspecified atom stereocenters. The second kappa shape index (κ2) is 8.99. The lowest BCUT2D eigenvalue weighted by Crippen LogP contribution is -2.15. The molecule has 1 heterocycles.